The highest BCUT2D eigenvalue weighted by molar-refractivity contribution is 9.10. The molecule has 0 aliphatic carbocycles. The van der Waals surface area contributed by atoms with Crippen molar-refractivity contribution >= 4 is 21.6 Å². The van der Waals surface area contributed by atoms with Gasteiger partial charge in [-0.25, -0.2) is 4.39 Å². The summed E-state index contributed by atoms with van der Waals surface area (Å²) in [5.74, 6) is -0.531. The van der Waals surface area contributed by atoms with Crippen LogP contribution in [0.3, 0.4) is 0 Å². The average Bonchev–Trinajstić information content (AvgIpc) is 2.46. The van der Waals surface area contributed by atoms with E-state index >= 15 is 0 Å². The molecule has 0 radical (unpaired) electrons. The summed E-state index contributed by atoms with van der Waals surface area (Å²) in [5.41, 5.74) is 1.49. The van der Waals surface area contributed by atoms with Crippen LogP contribution in [-0.2, 0) is 6.54 Å². The van der Waals surface area contributed by atoms with E-state index in [0.717, 1.165) is 4.47 Å². The molecule has 0 aliphatic heterocycles. The lowest BCUT2D eigenvalue weighted by Crippen LogP contribution is -2.04. The lowest BCUT2D eigenvalue weighted by Gasteiger charge is -2.10. The summed E-state index contributed by atoms with van der Waals surface area (Å²) in [6.45, 7) is 0.201. The van der Waals surface area contributed by atoms with Crippen LogP contribution in [0.5, 0.6) is 0 Å². The first-order chi connectivity index (χ1) is 9.65. The van der Waals surface area contributed by atoms with Gasteiger partial charge in [-0.05, 0) is 24.3 Å². The Morgan fingerprint density at radius 2 is 1.85 bits per heavy atom. The zero-order valence-electron chi connectivity index (χ0n) is 10.3. The fourth-order valence-electron chi connectivity index (χ4n) is 1.75. The number of rotatable bonds is 3. The molecule has 20 heavy (non-hydrogen) atoms. The van der Waals surface area contributed by atoms with Gasteiger partial charge in [0.2, 0.25) is 0 Å². The Balaban J connectivity index is 2.24. The molecule has 98 valence electrons. The number of benzene rings is 2. The summed E-state index contributed by atoms with van der Waals surface area (Å²) >= 11 is 3.32. The first kappa shape index (κ1) is 14.0. The molecule has 0 saturated carbocycles. The molecule has 0 aliphatic rings. The smallest absolute Gasteiger partial charge is 0.145 e. The molecule has 2 aromatic carbocycles. The predicted octanol–water partition coefficient (Wildman–Crippen LogP) is 3.94. The van der Waals surface area contributed by atoms with Crippen LogP contribution in [0, 0.1) is 28.5 Å². The zero-order valence-corrected chi connectivity index (χ0v) is 11.9. The van der Waals surface area contributed by atoms with E-state index in [9.17, 15) is 4.39 Å². The summed E-state index contributed by atoms with van der Waals surface area (Å²) in [7, 11) is 0. The Labute approximate surface area is 124 Å². The van der Waals surface area contributed by atoms with Crippen LogP contribution in [0.25, 0.3) is 0 Å². The van der Waals surface area contributed by atoms with Gasteiger partial charge in [0, 0.05) is 16.6 Å². The quantitative estimate of drug-likeness (QED) is 0.927. The van der Waals surface area contributed by atoms with E-state index in [1.165, 1.54) is 6.07 Å². The van der Waals surface area contributed by atoms with Gasteiger partial charge < -0.3 is 5.32 Å². The van der Waals surface area contributed by atoms with Gasteiger partial charge in [-0.1, -0.05) is 28.1 Å². The van der Waals surface area contributed by atoms with Gasteiger partial charge in [0.25, 0.3) is 0 Å². The SMILES string of the molecule is N#Cc1ccc(Br)cc1NCc1cccc(C#N)c1F. The minimum Gasteiger partial charge on any atom is -0.380 e. The highest BCUT2D eigenvalue weighted by Crippen LogP contribution is 2.22. The van der Waals surface area contributed by atoms with E-state index in [0.29, 0.717) is 16.8 Å². The Bertz CT molecular complexity index is 729. The maximum atomic E-state index is 13.9. The van der Waals surface area contributed by atoms with Crippen molar-refractivity contribution in [3.8, 4) is 12.1 Å². The molecule has 0 amide bonds. The second kappa shape index (κ2) is 6.18. The highest BCUT2D eigenvalue weighted by Gasteiger charge is 2.08. The number of hydrogen-bond donors (Lipinski definition) is 1. The maximum Gasteiger partial charge on any atom is 0.145 e. The topological polar surface area (TPSA) is 59.6 Å². The third-order valence-electron chi connectivity index (χ3n) is 2.77. The summed E-state index contributed by atoms with van der Waals surface area (Å²) in [4.78, 5) is 0. The summed E-state index contributed by atoms with van der Waals surface area (Å²) < 4.78 is 14.7. The van der Waals surface area contributed by atoms with Crippen molar-refractivity contribution in [2.24, 2.45) is 0 Å². The molecule has 1 N–H and O–H groups in total. The van der Waals surface area contributed by atoms with Crippen LogP contribution in [0.2, 0.25) is 0 Å². The van der Waals surface area contributed by atoms with E-state index in [-0.39, 0.29) is 12.1 Å². The van der Waals surface area contributed by atoms with Crippen molar-refractivity contribution in [1.82, 2.24) is 0 Å². The monoisotopic (exact) mass is 329 g/mol. The molecule has 2 rings (SSSR count). The summed E-state index contributed by atoms with van der Waals surface area (Å²) in [6, 6.07) is 13.7. The fourth-order valence-corrected chi connectivity index (χ4v) is 2.11. The molecular weight excluding hydrogens is 321 g/mol. The van der Waals surface area contributed by atoms with Crippen LogP contribution in [-0.4, -0.2) is 0 Å². The lowest BCUT2D eigenvalue weighted by molar-refractivity contribution is 0.609. The molecule has 0 fully saturated rings. The largest absolute Gasteiger partial charge is 0.380 e. The molecule has 0 aromatic heterocycles. The molecule has 2 aromatic rings. The first-order valence-electron chi connectivity index (χ1n) is 5.76. The number of halogens is 2. The molecule has 5 heteroatoms. The second-order valence-electron chi connectivity index (χ2n) is 4.05. The fraction of sp³-hybridized carbons (Fsp3) is 0.0667. The van der Waals surface area contributed by atoms with E-state index in [1.807, 2.05) is 0 Å². The standard InChI is InChI=1S/C15H9BrFN3/c16-13-5-4-10(7-18)14(6-13)20-9-12-3-1-2-11(8-19)15(12)17/h1-6,20H,9H2. The summed E-state index contributed by atoms with van der Waals surface area (Å²) in [5, 5.41) is 20.8. The zero-order chi connectivity index (χ0) is 14.5. The van der Waals surface area contributed by atoms with Crippen molar-refractivity contribution in [3.63, 3.8) is 0 Å². The van der Waals surface area contributed by atoms with Crippen molar-refractivity contribution in [2.45, 2.75) is 6.54 Å². The third kappa shape index (κ3) is 2.96. The van der Waals surface area contributed by atoms with Gasteiger partial charge in [-0.2, -0.15) is 10.5 Å². The lowest BCUT2D eigenvalue weighted by atomic mass is 10.1. The Morgan fingerprint density at radius 1 is 1.10 bits per heavy atom. The van der Waals surface area contributed by atoms with E-state index < -0.39 is 5.82 Å². The van der Waals surface area contributed by atoms with Gasteiger partial charge in [0.15, 0.2) is 0 Å². The average molecular weight is 330 g/mol. The van der Waals surface area contributed by atoms with Crippen LogP contribution in [0.4, 0.5) is 10.1 Å². The Hall–Kier alpha value is -2.37. The maximum absolute atomic E-state index is 13.9. The highest BCUT2D eigenvalue weighted by atomic mass is 79.9. The molecule has 0 saturated heterocycles. The van der Waals surface area contributed by atoms with Crippen LogP contribution in [0.1, 0.15) is 16.7 Å². The van der Waals surface area contributed by atoms with Crippen molar-refractivity contribution < 1.29 is 4.39 Å². The number of hydrogen-bond acceptors (Lipinski definition) is 3. The minimum atomic E-state index is -0.531. The van der Waals surface area contributed by atoms with Crippen LogP contribution >= 0.6 is 15.9 Å². The number of nitriles is 2. The molecule has 0 heterocycles. The van der Waals surface area contributed by atoms with Crippen LogP contribution in [0.15, 0.2) is 40.9 Å². The van der Waals surface area contributed by atoms with Crippen LogP contribution < -0.4 is 5.32 Å². The number of nitrogens with one attached hydrogen (secondary N) is 1. The molecule has 0 unspecified atom stereocenters. The van der Waals surface area contributed by atoms with Gasteiger partial charge >= 0.3 is 0 Å². The number of anilines is 1. The van der Waals surface area contributed by atoms with E-state index in [2.05, 4.69) is 27.3 Å². The Morgan fingerprint density at radius 3 is 2.55 bits per heavy atom. The minimum absolute atomic E-state index is 0.0130. The van der Waals surface area contributed by atoms with Gasteiger partial charge in [0.05, 0.1) is 16.8 Å². The van der Waals surface area contributed by atoms with Gasteiger partial charge in [0.1, 0.15) is 18.0 Å². The van der Waals surface area contributed by atoms with Gasteiger partial charge in [-0.15, -0.1) is 0 Å². The molecule has 0 atom stereocenters. The van der Waals surface area contributed by atoms with Crippen molar-refractivity contribution in [1.29, 1.82) is 10.5 Å². The third-order valence-corrected chi connectivity index (χ3v) is 3.26. The molecule has 0 bridgehead atoms. The molecular formula is C15H9BrFN3. The van der Waals surface area contributed by atoms with Crippen molar-refractivity contribution in [2.75, 3.05) is 5.32 Å². The number of nitrogens with zero attached hydrogens (tertiary/aromatic N) is 2. The second-order valence-corrected chi connectivity index (χ2v) is 4.96. The Kier molecular flexibility index (Phi) is 4.34. The normalized spacial score (nSPS) is 9.60. The van der Waals surface area contributed by atoms with Crippen molar-refractivity contribution in [3.05, 3.63) is 63.4 Å². The predicted molar refractivity (Wildman–Crippen MR) is 77.3 cm³/mol. The molecule has 3 nitrogen and oxygen atoms in total. The molecule has 0 spiro atoms. The first-order valence-corrected chi connectivity index (χ1v) is 6.56. The van der Waals surface area contributed by atoms with E-state index in [4.69, 9.17) is 10.5 Å². The van der Waals surface area contributed by atoms with E-state index in [1.54, 1.807) is 36.4 Å². The van der Waals surface area contributed by atoms with Gasteiger partial charge in [-0.3, -0.25) is 0 Å². The summed E-state index contributed by atoms with van der Waals surface area (Å²) in [6.07, 6.45) is 0.